The normalized spacial score (nSPS) is 11.2. The molecule has 4 aromatic rings. The molecule has 0 aliphatic carbocycles. The minimum atomic E-state index is -0.127. The summed E-state index contributed by atoms with van der Waals surface area (Å²) in [5, 5.41) is 3.31. The SMILES string of the molecule is CC(=O)Nc1nc2ccc(-c3ccc4oc(N)nc4c3)cc2s1. The molecule has 0 aliphatic heterocycles. The monoisotopic (exact) mass is 324 g/mol. The van der Waals surface area contributed by atoms with Crippen LogP contribution in [0.2, 0.25) is 0 Å². The number of aromatic nitrogens is 2. The standard InChI is InChI=1S/C16H12N4O2S/c1-8(21)18-16-20-11-4-2-10(7-14(11)23-16)9-3-5-13-12(6-9)19-15(17)22-13/h2-7H,1H3,(H2,17,19)(H,18,20,21). The molecule has 0 radical (unpaired) electrons. The summed E-state index contributed by atoms with van der Waals surface area (Å²) in [5.41, 5.74) is 9.88. The van der Waals surface area contributed by atoms with E-state index in [1.807, 2.05) is 36.4 Å². The van der Waals surface area contributed by atoms with Gasteiger partial charge in [-0.2, -0.15) is 4.98 Å². The number of nitrogens with two attached hydrogens (primary N) is 1. The Morgan fingerprint density at radius 1 is 1.13 bits per heavy atom. The van der Waals surface area contributed by atoms with Crippen molar-refractivity contribution in [2.75, 3.05) is 11.1 Å². The first-order valence-corrected chi connectivity index (χ1v) is 7.75. The van der Waals surface area contributed by atoms with E-state index in [2.05, 4.69) is 15.3 Å². The Morgan fingerprint density at radius 2 is 1.91 bits per heavy atom. The third kappa shape index (κ3) is 2.51. The van der Waals surface area contributed by atoms with Gasteiger partial charge in [0.25, 0.3) is 6.01 Å². The molecule has 0 spiro atoms. The Balaban J connectivity index is 1.78. The molecular weight excluding hydrogens is 312 g/mol. The van der Waals surface area contributed by atoms with Crippen molar-refractivity contribution >= 4 is 49.7 Å². The van der Waals surface area contributed by atoms with E-state index in [0.29, 0.717) is 10.7 Å². The van der Waals surface area contributed by atoms with Crippen LogP contribution in [0.1, 0.15) is 6.92 Å². The summed E-state index contributed by atoms with van der Waals surface area (Å²) >= 11 is 1.44. The molecule has 2 aromatic heterocycles. The van der Waals surface area contributed by atoms with Gasteiger partial charge in [-0.3, -0.25) is 4.79 Å². The highest BCUT2D eigenvalue weighted by Gasteiger charge is 2.09. The third-order valence-corrected chi connectivity index (χ3v) is 4.34. The summed E-state index contributed by atoms with van der Waals surface area (Å²) in [7, 11) is 0. The summed E-state index contributed by atoms with van der Waals surface area (Å²) in [4.78, 5) is 19.7. The number of hydrogen-bond donors (Lipinski definition) is 2. The van der Waals surface area contributed by atoms with E-state index in [4.69, 9.17) is 10.2 Å². The summed E-state index contributed by atoms with van der Waals surface area (Å²) < 4.78 is 6.29. The molecule has 0 bridgehead atoms. The highest BCUT2D eigenvalue weighted by Crippen LogP contribution is 2.32. The molecular formula is C16H12N4O2S. The van der Waals surface area contributed by atoms with Crippen LogP contribution >= 0.6 is 11.3 Å². The number of benzene rings is 2. The van der Waals surface area contributed by atoms with E-state index >= 15 is 0 Å². The number of carbonyl (C=O) groups is 1. The Bertz CT molecular complexity index is 1050. The van der Waals surface area contributed by atoms with Gasteiger partial charge in [0.2, 0.25) is 5.91 Å². The molecule has 0 saturated heterocycles. The number of nitrogen functional groups attached to an aromatic ring is 1. The smallest absolute Gasteiger partial charge is 0.292 e. The van der Waals surface area contributed by atoms with E-state index in [-0.39, 0.29) is 11.9 Å². The number of thiazole rings is 1. The quantitative estimate of drug-likeness (QED) is 0.587. The van der Waals surface area contributed by atoms with Gasteiger partial charge in [0.15, 0.2) is 10.7 Å². The second kappa shape index (κ2) is 5.06. The number of anilines is 2. The van der Waals surface area contributed by atoms with Gasteiger partial charge in [0.05, 0.1) is 10.2 Å². The van der Waals surface area contributed by atoms with Crippen molar-refractivity contribution in [3.05, 3.63) is 36.4 Å². The molecule has 0 saturated carbocycles. The Hall–Kier alpha value is -2.93. The number of nitrogens with one attached hydrogen (secondary N) is 1. The number of oxazole rings is 1. The third-order valence-electron chi connectivity index (χ3n) is 3.41. The fraction of sp³-hybridized carbons (Fsp3) is 0.0625. The van der Waals surface area contributed by atoms with Gasteiger partial charge in [-0.05, 0) is 35.4 Å². The lowest BCUT2D eigenvalue weighted by Crippen LogP contribution is -2.04. The molecule has 0 aliphatic rings. The van der Waals surface area contributed by atoms with Crippen LogP contribution in [0.4, 0.5) is 11.1 Å². The average molecular weight is 324 g/mol. The Kier molecular flexibility index (Phi) is 3.02. The lowest BCUT2D eigenvalue weighted by molar-refractivity contribution is -0.114. The maximum Gasteiger partial charge on any atom is 0.292 e. The van der Waals surface area contributed by atoms with Crippen molar-refractivity contribution < 1.29 is 9.21 Å². The molecule has 6 nitrogen and oxygen atoms in total. The van der Waals surface area contributed by atoms with Crippen LogP contribution in [0.25, 0.3) is 32.4 Å². The number of fused-ring (bicyclic) bond motifs is 2. The van der Waals surface area contributed by atoms with Crippen molar-refractivity contribution in [2.45, 2.75) is 6.92 Å². The zero-order chi connectivity index (χ0) is 16.0. The van der Waals surface area contributed by atoms with E-state index in [0.717, 1.165) is 26.9 Å². The van der Waals surface area contributed by atoms with Crippen molar-refractivity contribution in [1.29, 1.82) is 0 Å². The molecule has 7 heteroatoms. The molecule has 1 amide bonds. The summed E-state index contributed by atoms with van der Waals surface area (Å²) in [6.45, 7) is 1.47. The molecule has 3 N–H and O–H groups in total. The molecule has 0 fully saturated rings. The van der Waals surface area contributed by atoms with Crippen molar-refractivity contribution in [2.24, 2.45) is 0 Å². The van der Waals surface area contributed by atoms with Gasteiger partial charge >= 0.3 is 0 Å². The van der Waals surface area contributed by atoms with Gasteiger partial charge in [0.1, 0.15) is 5.52 Å². The van der Waals surface area contributed by atoms with Crippen LogP contribution in [0.5, 0.6) is 0 Å². The summed E-state index contributed by atoms with van der Waals surface area (Å²) in [6.07, 6.45) is 0. The lowest BCUT2D eigenvalue weighted by atomic mass is 10.1. The first-order valence-electron chi connectivity index (χ1n) is 6.93. The Morgan fingerprint density at radius 3 is 2.74 bits per heavy atom. The van der Waals surface area contributed by atoms with Crippen molar-refractivity contribution in [3.8, 4) is 11.1 Å². The maximum atomic E-state index is 11.1. The zero-order valence-electron chi connectivity index (χ0n) is 12.2. The molecule has 0 unspecified atom stereocenters. The number of rotatable bonds is 2. The molecule has 23 heavy (non-hydrogen) atoms. The second-order valence-corrected chi connectivity index (χ2v) is 6.15. The molecule has 4 rings (SSSR count). The van der Waals surface area contributed by atoms with Crippen LogP contribution < -0.4 is 11.1 Å². The minimum absolute atomic E-state index is 0.127. The molecule has 2 aromatic carbocycles. The second-order valence-electron chi connectivity index (χ2n) is 5.12. The van der Waals surface area contributed by atoms with Crippen LogP contribution in [0.3, 0.4) is 0 Å². The first-order chi connectivity index (χ1) is 11.1. The van der Waals surface area contributed by atoms with Crippen LogP contribution in [-0.4, -0.2) is 15.9 Å². The first kappa shape index (κ1) is 13.7. The van der Waals surface area contributed by atoms with Gasteiger partial charge in [-0.15, -0.1) is 0 Å². The number of carbonyl (C=O) groups excluding carboxylic acids is 1. The lowest BCUT2D eigenvalue weighted by Gasteiger charge is -2.01. The van der Waals surface area contributed by atoms with E-state index in [1.165, 1.54) is 18.3 Å². The highest BCUT2D eigenvalue weighted by atomic mass is 32.1. The maximum absolute atomic E-state index is 11.1. The number of hydrogen-bond acceptors (Lipinski definition) is 6. The van der Waals surface area contributed by atoms with Gasteiger partial charge < -0.3 is 15.5 Å². The minimum Gasteiger partial charge on any atom is -0.424 e. The van der Waals surface area contributed by atoms with E-state index in [1.54, 1.807) is 0 Å². The van der Waals surface area contributed by atoms with Gasteiger partial charge in [0, 0.05) is 6.92 Å². The van der Waals surface area contributed by atoms with E-state index in [9.17, 15) is 4.79 Å². The summed E-state index contributed by atoms with van der Waals surface area (Å²) in [5.74, 6) is -0.127. The van der Waals surface area contributed by atoms with Gasteiger partial charge in [-0.25, -0.2) is 4.98 Å². The van der Waals surface area contributed by atoms with Crippen molar-refractivity contribution in [1.82, 2.24) is 9.97 Å². The average Bonchev–Trinajstić information content (AvgIpc) is 3.05. The topological polar surface area (TPSA) is 94.0 Å². The molecule has 114 valence electrons. The van der Waals surface area contributed by atoms with Crippen LogP contribution in [0.15, 0.2) is 40.8 Å². The predicted molar refractivity (Wildman–Crippen MR) is 91.3 cm³/mol. The predicted octanol–water partition coefficient (Wildman–Crippen LogP) is 3.65. The Labute approximate surface area is 135 Å². The molecule has 0 atom stereocenters. The van der Waals surface area contributed by atoms with Crippen LogP contribution in [-0.2, 0) is 4.79 Å². The number of nitrogens with zero attached hydrogens (tertiary/aromatic N) is 2. The summed E-state index contributed by atoms with van der Waals surface area (Å²) in [6, 6.07) is 11.9. The largest absolute Gasteiger partial charge is 0.424 e. The number of amides is 1. The van der Waals surface area contributed by atoms with E-state index < -0.39 is 0 Å². The fourth-order valence-corrected chi connectivity index (χ4v) is 3.38. The highest BCUT2D eigenvalue weighted by molar-refractivity contribution is 7.22. The fourth-order valence-electron chi connectivity index (χ4n) is 2.43. The zero-order valence-corrected chi connectivity index (χ0v) is 13.0. The molecule has 2 heterocycles. The van der Waals surface area contributed by atoms with Gasteiger partial charge in [-0.1, -0.05) is 23.5 Å². The van der Waals surface area contributed by atoms with Crippen molar-refractivity contribution in [3.63, 3.8) is 0 Å². The van der Waals surface area contributed by atoms with Crippen LogP contribution in [0, 0.1) is 0 Å².